The lowest BCUT2D eigenvalue weighted by atomic mass is 9.84. The van der Waals surface area contributed by atoms with Crippen molar-refractivity contribution in [3.8, 4) is 0 Å². The van der Waals surface area contributed by atoms with Crippen LogP contribution >= 0.6 is 0 Å². The van der Waals surface area contributed by atoms with Crippen LogP contribution in [0.25, 0.3) is 0 Å². The SMILES string of the molecule is CC(C)(C)[C@@H]1CC(=C2COC(=O)C2=O)NN1c1ccccc1. The minimum absolute atomic E-state index is 0.0116. The summed E-state index contributed by atoms with van der Waals surface area (Å²) in [6.45, 7) is 6.57. The van der Waals surface area contributed by atoms with Crippen molar-refractivity contribution < 1.29 is 14.3 Å². The molecule has 22 heavy (non-hydrogen) atoms. The van der Waals surface area contributed by atoms with Crippen molar-refractivity contribution in [2.45, 2.75) is 33.2 Å². The molecule has 5 heteroatoms. The molecule has 0 aliphatic carbocycles. The predicted molar refractivity (Wildman–Crippen MR) is 82.9 cm³/mol. The van der Waals surface area contributed by atoms with Gasteiger partial charge in [0.2, 0.25) is 0 Å². The zero-order valence-corrected chi connectivity index (χ0v) is 13.1. The zero-order valence-electron chi connectivity index (χ0n) is 13.1. The molecule has 0 saturated carbocycles. The summed E-state index contributed by atoms with van der Waals surface area (Å²) in [6.07, 6.45) is 0.691. The Bertz CT molecular complexity index is 644. The third-order valence-electron chi connectivity index (χ3n) is 4.17. The van der Waals surface area contributed by atoms with Gasteiger partial charge >= 0.3 is 5.97 Å². The second-order valence-electron chi connectivity index (χ2n) is 6.77. The monoisotopic (exact) mass is 300 g/mol. The van der Waals surface area contributed by atoms with E-state index in [1.165, 1.54) is 0 Å². The highest BCUT2D eigenvalue weighted by molar-refractivity contribution is 6.42. The van der Waals surface area contributed by atoms with Gasteiger partial charge in [-0.05, 0) is 17.5 Å². The first-order valence-corrected chi connectivity index (χ1v) is 7.42. The van der Waals surface area contributed by atoms with Crippen LogP contribution in [0.5, 0.6) is 0 Å². The first kappa shape index (κ1) is 14.6. The Morgan fingerprint density at radius 3 is 2.41 bits per heavy atom. The number of Topliss-reactive ketones (excluding diaryl/α,β-unsaturated/α-hetero) is 1. The van der Waals surface area contributed by atoms with Gasteiger partial charge in [-0.2, -0.15) is 0 Å². The standard InChI is InChI=1S/C17H20N2O3/c1-17(2,3)14-9-13(12-10-22-16(21)15(12)20)18-19(14)11-7-5-4-6-8-11/h4-8,14,18H,9-10H2,1-3H3/t14-/m0/s1. The normalized spacial score (nSPS) is 25.4. The van der Waals surface area contributed by atoms with E-state index in [1.54, 1.807) is 0 Å². The Labute approximate surface area is 129 Å². The van der Waals surface area contributed by atoms with E-state index in [9.17, 15) is 9.59 Å². The molecule has 5 nitrogen and oxygen atoms in total. The predicted octanol–water partition coefficient (Wildman–Crippen LogP) is 2.20. The number of ether oxygens (including phenoxy) is 1. The van der Waals surface area contributed by atoms with E-state index in [0.29, 0.717) is 12.0 Å². The number of anilines is 1. The summed E-state index contributed by atoms with van der Waals surface area (Å²) in [4.78, 5) is 23.2. The number of rotatable bonds is 1. The number of carbonyl (C=O) groups is 2. The van der Waals surface area contributed by atoms with Gasteiger partial charge in [0.1, 0.15) is 6.61 Å². The molecule has 1 aromatic rings. The topological polar surface area (TPSA) is 58.6 Å². The van der Waals surface area contributed by atoms with Gasteiger partial charge in [0.15, 0.2) is 0 Å². The number of ketones is 1. The Balaban J connectivity index is 1.98. The van der Waals surface area contributed by atoms with Gasteiger partial charge in [-0.3, -0.25) is 9.80 Å². The quantitative estimate of drug-likeness (QED) is 0.489. The molecule has 1 N–H and O–H groups in total. The molecule has 0 aromatic heterocycles. The molecule has 2 aliphatic rings. The van der Waals surface area contributed by atoms with Crippen molar-refractivity contribution in [2.24, 2.45) is 5.41 Å². The van der Waals surface area contributed by atoms with Crippen molar-refractivity contribution >= 4 is 17.4 Å². The van der Waals surface area contributed by atoms with E-state index in [4.69, 9.17) is 4.74 Å². The molecule has 0 spiro atoms. The molecule has 0 unspecified atom stereocenters. The Morgan fingerprint density at radius 1 is 1.18 bits per heavy atom. The average Bonchev–Trinajstić information content (AvgIpc) is 3.05. The minimum atomic E-state index is -0.755. The maximum atomic E-state index is 11.9. The van der Waals surface area contributed by atoms with Gasteiger partial charge in [0.05, 0.1) is 17.3 Å². The Hall–Kier alpha value is -2.30. The number of benzene rings is 1. The van der Waals surface area contributed by atoms with Crippen LogP contribution < -0.4 is 10.4 Å². The molecule has 0 radical (unpaired) electrons. The van der Waals surface area contributed by atoms with Crippen LogP contribution in [-0.2, 0) is 14.3 Å². The number of carbonyl (C=O) groups excluding carboxylic acids is 2. The molecule has 1 atom stereocenters. The van der Waals surface area contributed by atoms with E-state index in [1.807, 2.05) is 30.3 Å². The number of nitrogens with zero attached hydrogens (tertiary/aromatic N) is 1. The summed E-state index contributed by atoms with van der Waals surface area (Å²) in [6, 6.07) is 10.2. The molecule has 2 saturated heterocycles. The van der Waals surface area contributed by atoms with E-state index >= 15 is 0 Å². The fraction of sp³-hybridized carbons (Fsp3) is 0.412. The third kappa shape index (κ3) is 2.47. The lowest BCUT2D eigenvalue weighted by Gasteiger charge is -2.35. The summed E-state index contributed by atoms with van der Waals surface area (Å²) in [5.41, 5.74) is 5.61. The Morgan fingerprint density at radius 2 is 1.86 bits per heavy atom. The van der Waals surface area contributed by atoms with Gasteiger partial charge < -0.3 is 10.2 Å². The fourth-order valence-corrected chi connectivity index (χ4v) is 2.89. The lowest BCUT2D eigenvalue weighted by Crippen LogP contribution is -2.44. The molecular formula is C17H20N2O3. The zero-order chi connectivity index (χ0) is 15.9. The third-order valence-corrected chi connectivity index (χ3v) is 4.17. The maximum Gasteiger partial charge on any atom is 0.379 e. The summed E-state index contributed by atoms with van der Waals surface area (Å²) >= 11 is 0. The van der Waals surface area contributed by atoms with Crippen molar-refractivity contribution in [1.82, 2.24) is 5.43 Å². The van der Waals surface area contributed by atoms with Crippen LogP contribution in [0.1, 0.15) is 27.2 Å². The number of hydrazine groups is 1. The summed E-state index contributed by atoms with van der Waals surface area (Å²) in [7, 11) is 0. The highest BCUT2D eigenvalue weighted by Crippen LogP contribution is 2.37. The molecule has 2 fully saturated rings. The first-order chi connectivity index (χ1) is 10.4. The van der Waals surface area contributed by atoms with E-state index < -0.39 is 11.8 Å². The Kier molecular flexibility index (Phi) is 3.43. The van der Waals surface area contributed by atoms with Gasteiger partial charge in [-0.25, -0.2) is 4.79 Å². The number of hydrogen-bond acceptors (Lipinski definition) is 5. The minimum Gasteiger partial charge on any atom is -0.455 e. The number of esters is 1. The molecule has 0 bridgehead atoms. The van der Waals surface area contributed by atoms with E-state index in [-0.39, 0.29) is 18.1 Å². The van der Waals surface area contributed by atoms with Crippen LogP contribution in [0.15, 0.2) is 41.6 Å². The largest absolute Gasteiger partial charge is 0.455 e. The van der Waals surface area contributed by atoms with E-state index in [0.717, 1.165) is 11.4 Å². The summed E-state index contributed by atoms with van der Waals surface area (Å²) < 4.78 is 4.85. The van der Waals surface area contributed by atoms with Crippen LogP contribution in [0.4, 0.5) is 5.69 Å². The van der Waals surface area contributed by atoms with Crippen LogP contribution in [0.3, 0.4) is 0 Å². The van der Waals surface area contributed by atoms with Crippen molar-refractivity contribution in [3.05, 3.63) is 41.6 Å². The average molecular weight is 300 g/mol. The first-order valence-electron chi connectivity index (χ1n) is 7.42. The molecule has 1 aromatic carbocycles. The smallest absolute Gasteiger partial charge is 0.379 e. The van der Waals surface area contributed by atoms with E-state index in [2.05, 4.69) is 31.2 Å². The molecule has 3 rings (SSSR count). The van der Waals surface area contributed by atoms with Crippen LogP contribution in [-0.4, -0.2) is 24.4 Å². The molecular weight excluding hydrogens is 280 g/mol. The summed E-state index contributed by atoms with van der Waals surface area (Å²) in [5.74, 6) is -1.28. The fourth-order valence-electron chi connectivity index (χ4n) is 2.89. The second kappa shape index (κ2) is 5.16. The number of cyclic esters (lactones) is 1. The number of para-hydroxylation sites is 1. The van der Waals surface area contributed by atoms with Gasteiger partial charge in [0, 0.05) is 12.1 Å². The highest BCUT2D eigenvalue weighted by Gasteiger charge is 2.41. The summed E-state index contributed by atoms with van der Waals surface area (Å²) in [5, 5.41) is 2.08. The number of hydrogen-bond donors (Lipinski definition) is 1. The van der Waals surface area contributed by atoms with Gasteiger partial charge in [-0.15, -0.1) is 0 Å². The number of nitrogens with one attached hydrogen (secondary N) is 1. The van der Waals surface area contributed by atoms with Crippen LogP contribution in [0.2, 0.25) is 0 Å². The molecule has 2 heterocycles. The maximum absolute atomic E-state index is 11.9. The van der Waals surface area contributed by atoms with Gasteiger partial charge in [0.25, 0.3) is 5.78 Å². The van der Waals surface area contributed by atoms with Gasteiger partial charge in [-0.1, -0.05) is 39.0 Å². The molecule has 2 aliphatic heterocycles. The second-order valence-corrected chi connectivity index (χ2v) is 6.77. The molecule has 116 valence electrons. The van der Waals surface area contributed by atoms with Crippen molar-refractivity contribution in [1.29, 1.82) is 0 Å². The van der Waals surface area contributed by atoms with Crippen molar-refractivity contribution in [3.63, 3.8) is 0 Å². The lowest BCUT2D eigenvalue weighted by molar-refractivity contribution is -0.146. The van der Waals surface area contributed by atoms with Crippen LogP contribution in [0, 0.1) is 5.41 Å². The molecule has 0 amide bonds. The highest BCUT2D eigenvalue weighted by atomic mass is 16.5. The van der Waals surface area contributed by atoms with Crippen molar-refractivity contribution in [2.75, 3.05) is 11.6 Å².